The van der Waals surface area contributed by atoms with Gasteiger partial charge in [-0.25, -0.2) is 4.39 Å². The van der Waals surface area contributed by atoms with Gasteiger partial charge in [0.1, 0.15) is 12.4 Å². The van der Waals surface area contributed by atoms with E-state index in [0.29, 0.717) is 24.6 Å². The summed E-state index contributed by atoms with van der Waals surface area (Å²) >= 11 is 0. The number of hydrogen-bond acceptors (Lipinski definition) is 3. The SMILES string of the molecule is CN=C(NCc1ccc(COCC(F)(F)F)cc1)NCC(c1cccc(F)c1)N(C)C.I. The summed E-state index contributed by atoms with van der Waals surface area (Å²) in [5.74, 6) is 0.306. The average molecular weight is 568 g/mol. The van der Waals surface area contributed by atoms with Crippen molar-refractivity contribution in [1.29, 1.82) is 0 Å². The van der Waals surface area contributed by atoms with Gasteiger partial charge >= 0.3 is 6.18 Å². The van der Waals surface area contributed by atoms with Crippen LogP contribution in [-0.4, -0.2) is 51.3 Å². The molecule has 0 saturated carbocycles. The third-order valence-corrected chi connectivity index (χ3v) is 4.56. The number of guanidine groups is 1. The molecule has 10 heteroatoms. The fraction of sp³-hybridized carbons (Fsp3) is 0.409. The maximum Gasteiger partial charge on any atom is 0.411 e. The lowest BCUT2D eigenvalue weighted by Gasteiger charge is -2.26. The Morgan fingerprint density at radius 3 is 2.28 bits per heavy atom. The standard InChI is InChI=1S/C22H28F4N4O.HI/c1-27-21(29-13-20(30(2)3)18-5-4-6-19(23)11-18)28-12-16-7-9-17(10-8-16)14-31-15-22(24,25)26;/h4-11,20H,12-15H2,1-3H3,(H2,27,28,29);1H. The van der Waals surface area contributed by atoms with E-state index in [2.05, 4.69) is 20.4 Å². The molecule has 2 aromatic rings. The predicted molar refractivity (Wildman–Crippen MR) is 129 cm³/mol. The Bertz CT molecular complexity index is 845. The third kappa shape index (κ3) is 10.1. The number of hydrogen-bond donors (Lipinski definition) is 2. The average Bonchev–Trinajstić information content (AvgIpc) is 2.70. The van der Waals surface area contributed by atoms with Gasteiger partial charge in [-0.2, -0.15) is 13.2 Å². The molecule has 1 atom stereocenters. The molecule has 5 nitrogen and oxygen atoms in total. The van der Waals surface area contributed by atoms with E-state index < -0.39 is 12.8 Å². The number of nitrogens with zero attached hydrogens (tertiary/aromatic N) is 2. The van der Waals surface area contributed by atoms with E-state index >= 15 is 0 Å². The first-order valence-corrected chi connectivity index (χ1v) is 9.76. The highest BCUT2D eigenvalue weighted by Crippen LogP contribution is 2.18. The Labute approximate surface area is 203 Å². The van der Waals surface area contributed by atoms with Gasteiger partial charge in [0, 0.05) is 20.1 Å². The van der Waals surface area contributed by atoms with Gasteiger partial charge in [-0.15, -0.1) is 24.0 Å². The van der Waals surface area contributed by atoms with Gasteiger partial charge in [-0.1, -0.05) is 36.4 Å². The highest BCUT2D eigenvalue weighted by molar-refractivity contribution is 14.0. The molecule has 0 heterocycles. The zero-order valence-electron chi connectivity index (χ0n) is 18.2. The van der Waals surface area contributed by atoms with Gasteiger partial charge in [-0.3, -0.25) is 4.99 Å². The first-order chi connectivity index (χ1) is 14.7. The fourth-order valence-corrected chi connectivity index (χ4v) is 2.95. The second-order valence-corrected chi connectivity index (χ2v) is 7.27. The molecule has 0 aromatic heterocycles. The van der Waals surface area contributed by atoms with Crippen LogP contribution in [0.4, 0.5) is 17.6 Å². The van der Waals surface area contributed by atoms with Gasteiger partial charge in [0.25, 0.3) is 0 Å². The molecule has 0 amide bonds. The molecule has 0 fully saturated rings. The smallest absolute Gasteiger partial charge is 0.367 e. The van der Waals surface area contributed by atoms with Crippen molar-refractivity contribution < 1.29 is 22.3 Å². The number of ether oxygens (including phenoxy) is 1. The van der Waals surface area contributed by atoms with Crippen molar-refractivity contribution in [3.8, 4) is 0 Å². The molecule has 0 aliphatic rings. The number of nitrogens with one attached hydrogen (secondary N) is 2. The topological polar surface area (TPSA) is 48.9 Å². The Hall–Kier alpha value is -1.92. The largest absolute Gasteiger partial charge is 0.411 e. The summed E-state index contributed by atoms with van der Waals surface area (Å²) in [5.41, 5.74) is 2.47. The monoisotopic (exact) mass is 568 g/mol. The lowest BCUT2D eigenvalue weighted by molar-refractivity contribution is -0.176. The van der Waals surface area contributed by atoms with Crippen LogP contribution in [0.1, 0.15) is 22.7 Å². The van der Waals surface area contributed by atoms with Crippen LogP contribution in [0.2, 0.25) is 0 Å². The van der Waals surface area contributed by atoms with E-state index in [-0.39, 0.29) is 42.4 Å². The maximum absolute atomic E-state index is 13.6. The van der Waals surface area contributed by atoms with Gasteiger partial charge in [0.15, 0.2) is 5.96 Å². The molecule has 178 valence electrons. The molecule has 0 bridgehead atoms. The van der Waals surface area contributed by atoms with Crippen molar-refractivity contribution >= 4 is 29.9 Å². The lowest BCUT2D eigenvalue weighted by atomic mass is 10.1. The summed E-state index contributed by atoms with van der Waals surface area (Å²) in [6, 6.07) is 13.6. The second-order valence-electron chi connectivity index (χ2n) is 7.27. The first-order valence-electron chi connectivity index (χ1n) is 9.76. The Morgan fingerprint density at radius 1 is 1.06 bits per heavy atom. The van der Waals surface area contributed by atoms with Crippen molar-refractivity contribution in [1.82, 2.24) is 15.5 Å². The molecule has 1 unspecified atom stereocenters. The van der Waals surface area contributed by atoms with Crippen LogP contribution in [-0.2, 0) is 17.9 Å². The summed E-state index contributed by atoms with van der Waals surface area (Å²) in [6.07, 6.45) is -4.33. The van der Waals surface area contributed by atoms with E-state index in [1.165, 1.54) is 12.1 Å². The van der Waals surface area contributed by atoms with E-state index in [9.17, 15) is 17.6 Å². The van der Waals surface area contributed by atoms with Crippen LogP contribution >= 0.6 is 24.0 Å². The van der Waals surface area contributed by atoms with Crippen molar-refractivity contribution in [2.75, 3.05) is 34.3 Å². The van der Waals surface area contributed by atoms with E-state index in [1.54, 1.807) is 25.2 Å². The zero-order valence-corrected chi connectivity index (χ0v) is 20.6. The van der Waals surface area contributed by atoms with Gasteiger partial charge < -0.3 is 20.3 Å². The number of halogens is 5. The molecule has 0 radical (unpaired) electrons. The number of rotatable bonds is 9. The van der Waals surface area contributed by atoms with Crippen LogP contribution in [0.25, 0.3) is 0 Å². The van der Waals surface area contributed by atoms with Crippen molar-refractivity contribution in [3.05, 3.63) is 71.0 Å². The van der Waals surface area contributed by atoms with Gasteiger partial charge in [-0.05, 0) is 42.9 Å². The summed E-state index contributed by atoms with van der Waals surface area (Å²) in [6.45, 7) is -0.355. The number of benzene rings is 2. The lowest BCUT2D eigenvalue weighted by Crippen LogP contribution is -2.41. The molecule has 2 N–H and O–H groups in total. The van der Waals surface area contributed by atoms with Crippen LogP contribution in [0.3, 0.4) is 0 Å². The highest BCUT2D eigenvalue weighted by atomic mass is 127. The molecule has 0 spiro atoms. The van der Waals surface area contributed by atoms with Crippen molar-refractivity contribution in [2.45, 2.75) is 25.4 Å². The molecule has 2 aromatic carbocycles. The fourth-order valence-electron chi connectivity index (χ4n) is 2.95. The van der Waals surface area contributed by atoms with Crippen LogP contribution in [0.15, 0.2) is 53.5 Å². The Kier molecular flexibility index (Phi) is 11.9. The van der Waals surface area contributed by atoms with Crippen LogP contribution < -0.4 is 10.6 Å². The normalized spacial score (nSPS) is 12.9. The van der Waals surface area contributed by atoms with Gasteiger partial charge in [0.2, 0.25) is 0 Å². The van der Waals surface area contributed by atoms with E-state index in [4.69, 9.17) is 0 Å². The molecular weight excluding hydrogens is 539 g/mol. The third-order valence-electron chi connectivity index (χ3n) is 4.56. The quantitative estimate of drug-likeness (QED) is 0.203. The Morgan fingerprint density at radius 2 is 1.72 bits per heavy atom. The number of likely N-dealkylation sites (N-methyl/N-ethyl adjacent to an activating group) is 1. The Balaban J connectivity index is 0.00000512. The van der Waals surface area contributed by atoms with Gasteiger partial charge in [0.05, 0.1) is 12.6 Å². The first kappa shape index (κ1) is 28.1. The molecular formula is C22H29F4IN4O. The molecule has 32 heavy (non-hydrogen) atoms. The summed E-state index contributed by atoms with van der Waals surface area (Å²) < 4.78 is 54.6. The molecule has 0 aliphatic carbocycles. The summed E-state index contributed by atoms with van der Waals surface area (Å²) in [4.78, 5) is 6.20. The molecule has 2 rings (SSSR count). The number of aliphatic imine (C=N–C) groups is 1. The summed E-state index contributed by atoms with van der Waals surface area (Å²) in [7, 11) is 5.50. The minimum atomic E-state index is -4.33. The highest BCUT2D eigenvalue weighted by Gasteiger charge is 2.27. The van der Waals surface area contributed by atoms with E-state index in [1.807, 2.05) is 37.2 Å². The predicted octanol–water partition coefficient (Wildman–Crippen LogP) is 4.49. The minimum absolute atomic E-state index is 0. The zero-order chi connectivity index (χ0) is 22.9. The maximum atomic E-state index is 13.6. The molecule has 0 saturated heterocycles. The second kappa shape index (κ2) is 13.6. The molecule has 0 aliphatic heterocycles. The van der Waals surface area contributed by atoms with Crippen LogP contribution in [0, 0.1) is 5.82 Å². The van der Waals surface area contributed by atoms with Crippen LogP contribution in [0.5, 0.6) is 0 Å². The number of alkyl halides is 3. The minimum Gasteiger partial charge on any atom is -0.367 e. The summed E-state index contributed by atoms with van der Waals surface area (Å²) in [5, 5.41) is 6.43. The van der Waals surface area contributed by atoms with Crippen molar-refractivity contribution in [2.24, 2.45) is 4.99 Å². The van der Waals surface area contributed by atoms with E-state index in [0.717, 1.165) is 11.1 Å². The van der Waals surface area contributed by atoms with Crippen molar-refractivity contribution in [3.63, 3.8) is 0 Å².